The fourth-order valence-electron chi connectivity index (χ4n) is 3.63. The molecule has 27 heavy (non-hydrogen) atoms. The van der Waals surface area contributed by atoms with E-state index in [0.717, 1.165) is 11.8 Å². The van der Waals surface area contributed by atoms with Crippen molar-refractivity contribution in [3.05, 3.63) is 24.0 Å². The van der Waals surface area contributed by atoms with Gasteiger partial charge >= 0.3 is 5.97 Å². The number of nitrogens with one attached hydrogen (secondary N) is 2. The highest BCUT2D eigenvalue weighted by Crippen LogP contribution is 2.49. The first-order valence-corrected chi connectivity index (χ1v) is 8.88. The first-order chi connectivity index (χ1) is 12.9. The molecule has 2 N–H and O–H groups in total. The molecule has 9 heteroatoms. The van der Waals surface area contributed by atoms with Gasteiger partial charge in [0, 0.05) is 43.3 Å². The highest BCUT2D eigenvalue weighted by molar-refractivity contribution is 6.04. The molecule has 3 heterocycles. The molecule has 0 aromatic carbocycles. The number of carbonyl (C=O) groups is 2. The quantitative estimate of drug-likeness (QED) is 0.798. The molecular formula is C18H20F2N4O3. The van der Waals surface area contributed by atoms with Crippen molar-refractivity contribution >= 4 is 28.6 Å². The van der Waals surface area contributed by atoms with E-state index in [-0.39, 0.29) is 12.5 Å². The van der Waals surface area contributed by atoms with Crippen LogP contribution in [0.2, 0.25) is 0 Å². The Hall–Kier alpha value is -2.71. The lowest BCUT2D eigenvalue weighted by molar-refractivity contribution is -0.135. The zero-order valence-corrected chi connectivity index (χ0v) is 14.8. The van der Waals surface area contributed by atoms with Crippen LogP contribution < -0.4 is 5.32 Å². The number of carbonyl (C=O) groups excluding carboxylic acids is 2. The Labute approximate surface area is 154 Å². The van der Waals surface area contributed by atoms with E-state index in [2.05, 4.69) is 15.3 Å². The van der Waals surface area contributed by atoms with E-state index >= 15 is 0 Å². The SMILES string of the molecule is COC(=O)c1cnc2[nH]ccc2c1N[C@@H]1CCCN(C(=O)[C@H]2CC2(F)F)C1. The monoisotopic (exact) mass is 378 g/mol. The smallest absolute Gasteiger partial charge is 0.341 e. The van der Waals surface area contributed by atoms with Gasteiger partial charge in [0.1, 0.15) is 17.1 Å². The third-order valence-electron chi connectivity index (χ3n) is 5.20. The Morgan fingerprint density at radius 3 is 2.93 bits per heavy atom. The first kappa shape index (κ1) is 17.7. The Morgan fingerprint density at radius 1 is 1.44 bits per heavy atom. The first-order valence-electron chi connectivity index (χ1n) is 8.88. The zero-order chi connectivity index (χ0) is 19.2. The number of alkyl halides is 2. The molecule has 2 aliphatic rings. The molecule has 4 rings (SSSR count). The number of aromatic amines is 1. The predicted molar refractivity (Wildman–Crippen MR) is 93.7 cm³/mol. The molecule has 1 amide bonds. The number of methoxy groups -OCH3 is 1. The van der Waals surface area contributed by atoms with Gasteiger partial charge in [-0.05, 0) is 18.9 Å². The number of H-pyrrole nitrogens is 1. The Bertz CT molecular complexity index is 898. The number of rotatable bonds is 4. The number of esters is 1. The summed E-state index contributed by atoms with van der Waals surface area (Å²) in [4.78, 5) is 33.1. The van der Waals surface area contributed by atoms with Crippen LogP contribution in [0.1, 0.15) is 29.6 Å². The van der Waals surface area contributed by atoms with Crippen molar-refractivity contribution in [3.8, 4) is 0 Å². The maximum Gasteiger partial charge on any atom is 0.341 e. The standard InChI is InChI=1S/C18H20F2N4O3/c1-27-17(26)12-8-22-15-11(4-5-21-15)14(12)23-10-3-2-6-24(9-10)16(25)13-7-18(13,19)20/h4-5,8,10,13H,2-3,6-7,9H2,1H3,(H2,21,22,23)/t10-,13-/m1/s1. The number of nitrogens with zero attached hydrogens (tertiary/aromatic N) is 2. The number of amides is 1. The summed E-state index contributed by atoms with van der Waals surface area (Å²) in [5.74, 6) is -5.05. The van der Waals surface area contributed by atoms with E-state index in [0.29, 0.717) is 36.4 Å². The average molecular weight is 378 g/mol. The number of pyridine rings is 1. The average Bonchev–Trinajstić information content (AvgIpc) is 3.06. The van der Waals surface area contributed by atoms with Gasteiger partial charge in [0.2, 0.25) is 5.91 Å². The molecule has 2 atom stereocenters. The summed E-state index contributed by atoms with van der Waals surface area (Å²) in [6.45, 7) is 0.795. The summed E-state index contributed by atoms with van der Waals surface area (Å²) < 4.78 is 31.3. The van der Waals surface area contributed by atoms with Crippen LogP contribution >= 0.6 is 0 Å². The van der Waals surface area contributed by atoms with Crippen LogP contribution in [0.25, 0.3) is 11.0 Å². The fraction of sp³-hybridized carbons (Fsp3) is 0.500. The van der Waals surface area contributed by atoms with Gasteiger partial charge in [0.05, 0.1) is 12.8 Å². The number of hydrogen-bond acceptors (Lipinski definition) is 5. The third kappa shape index (κ3) is 3.22. The second kappa shape index (κ2) is 6.47. The molecule has 0 radical (unpaired) electrons. The van der Waals surface area contributed by atoms with Crippen molar-refractivity contribution in [2.45, 2.75) is 31.2 Å². The normalized spacial score (nSPS) is 23.9. The highest BCUT2D eigenvalue weighted by atomic mass is 19.3. The van der Waals surface area contributed by atoms with Crippen LogP contribution in [0.3, 0.4) is 0 Å². The number of piperidine rings is 1. The second-order valence-corrected chi connectivity index (χ2v) is 7.06. The fourth-order valence-corrected chi connectivity index (χ4v) is 3.63. The highest BCUT2D eigenvalue weighted by Gasteiger charge is 2.62. The summed E-state index contributed by atoms with van der Waals surface area (Å²) in [6, 6.07) is 1.65. The van der Waals surface area contributed by atoms with Gasteiger partial charge in [-0.3, -0.25) is 4.79 Å². The largest absolute Gasteiger partial charge is 0.465 e. The molecule has 0 bridgehead atoms. The van der Waals surface area contributed by atoms with Gasteiger partial charge in [0.25, 0.3) is 5.92 Å². The summed E-state index contributed by atoms with van der Waals surface area (Å²) >= 11 is 0. The number of ether oxygens (including phenoxy) is 1. The van der Waals surface area contributed by atoms with Crippen LogP contribution in [-0.4, -0.2) is 58.9 Å². The Balaban J connectivity index is 1.56. The van der Waals surface area contributed by atoms with Crippen molar-refractivity contribution in [1.29, 1.82) is 0 Å². The molecule has 1 aliphatic heterocycles. The minimum Gasteiger partial charge on any atom is -0.465 e. The van der Waals surface area contributed by atoms with E-state index in [1.165, 1.54) is 18.2 Å². The second-order valence-electron chi connectivity index (χ2n) is 7.06. The van der Waals surface area contributed by atoms with Crippen LogP contribution in [0.4, 0.5) is 14.5 Å². The van der Waals surface area contributed by atoms with Gasteiger partial charge in [0.15, 0.2) is 0 Å². The minimum atomic E-state index is -2.86. The number of likely N-dealkylation sites (tertiary alicyclic amines) is 1. The molecule has 7 nitrogen and oxygen atoms in total. The molecule has 0 unspecified atom stereocenters. The van der Waals surface area contributed by atoms with Crippen molar-refractivity contribution in [2.75, 3.05) is 25.5 Å². The van der Waals surface area contributed by atoms with Crippen LogP contribution in [0, 0.1) is 5.92 Å². The molecule has 1 saturated heterocycles. The van der Waals surface area contributed by atoms with E-state index in [9.17, 15) is 18.4 Å². The number of halogens is 2. The van der Waals surface area contributed by atoms with Gasteiger partial charge in [-0.2, -0.15) is 0 Å². The van der Waals surface area contributed by atoms with Crippen LogP contribution in [-0.2, 0) is 9.53 Å². The summed E-state index contributed by atoms with van der Waals surface area (Å²) in [7, 11) is 1.30. The van der Waals surface area contributed by atoms with E-state index < -0.39 is 23.7 Å². The van der Waals surface area contributed by atoms with Crippen molar-refractivity contribution < 1.29 is 23.1 Å². The van der Waals surface area contributed by atoms with Gasteiger partial charge in [-0.1, -0.05) is 0 Å². The maximum atomic E-state index is 13.2. The summed E-state index contributed by atoms with van der Waals surface area (Å²) in [6.07, 6.45) is 4.26. The third-order valence-corrected chi connectivity index (χ3v) is 5.20. The molecule has 0 spiro atoms. The van der Waals surface area contributed by atoms with Crippen LogP contribution in [0.15, 0.2) is 18.5 Å². The minimum absolute atomic E-state index is 0.154. The summed E-state index contributed by atoms with van der Waals surface area (Å²) in [5, 5.41) is 4.05. The van der Waals surface area contributed by atoms with Crippen LogP contribution in [0.5, 0.6) is 0 Å². The Morgan fingerprint density at radius 2 is 2.22 bits per heavy atom. The molecular weight excluding hydrogens is 358 g/mol. The lowest BCUT2D eigenvalue weighted by Gasteiger charge is -2.34. The van der Waals surface area contributed by atoms with Crippen molar-refractivity contribution in [2.24, 2.45) is 5.92 Å². The number of fused-ring (bicyclic) bond motifs is 1. The maximum absolute atomic E-state index is 13.2. The van der Waals surface area contributed by atoms with Gasteiger partial charge in [-0.15, -0.1) is 0 Å². The topological polar surface area (TPSA) is 87.3 Å². The molecule has 144 valence electrons. The number of anilines is 1. The zero-order valence-electron chi connectivity index (χ0n) is 14.8. The molecule has 1 aliphatic carbocycles. The lowest BCUT2D eigenvalue weighted by Crippen LogP contribution is -2.46. The van der Waals surface area contributed by atoms with Gasteiger partial charge < -0.3 is 19.9 Å². The van der Waals surface area contributed by atoms with E-state index in [1.54, 1.807) is 12.3 Å². The van der Waals surface area contributed by atoms with Crippen molar-refractivity contribution in [1.82, 2.24) is 14.9 Å². The van der Waals surface area contributed by atoms with Gasteiger partial charge in [-0.25, -0.2) is 18.6 Å². The summed E-state index contributed by atoms with van der Waals surface area (Å²) in [5.41, 5.74) is 1.48. The number of aromatic nitrogens is 2. The Kier molecular flexibility index (Phi) is 4.24. The molecule has 2 aromatic rings. The predicted octanol–water partition coefficient (Wildman–Crippen LogP) is 2.41. The molecule has 1 saturated carbocycles. The van der Waals surface area contributed by atoms with E-state index in [4.69, 9.17) is 4.74 Å². The molecule has 2 aromatic heterocycles. The number of hydrogen-bond donors (Lipinski definition) is 2. The molecule has 2 fully saturated rings. The van der Waals surface area contributed by atoms with Crippen molar-refractivity contribution in [3.63, 3.8) is 0 Å². The van der Waals surface area contributed by atoms with E-state index in [1.807, 2.05) is 0 Å². The lowest BCUT2D eigenvalue weighted by atomic mass is 10.0.